The van der Waals surface area contributed by atoms with Gasteiger partial charge in [-0.15, -0.1) is 0 Å². The number of likely N-dealkylation sites (tertiary alicyclic amines) is 1. The van der Waals surface area contributed by atoms with Gasteiger partial charge in [-0.1, -0.05) is 19.3 Å². The van der Waals surface area contributed by atoms with Crippen molar-refractivity contribution in [1.82, 2.24) is 14.5 Å². The number of nitrogens with two attached hydrogens (primary N) is 1. The Morgan fingerprint density at radius 2 is 1.97 bits per heavy atom. The molecule has 1 aromatic heterocycles. The lowest BCUT2D eigenvalue weighted by atomic mass is 9.95. The Morgan fingerprint density at radius 1 is 1.17 bits per heavy atom. The highest BCUT2D eigenvalue weighted by atomic mass is 16.2. The summed E-state index contributed by atoms with van der Waals surface area (Å²) in [6.45, 7) is 4.30. The molecule has 4 rings (SSSR count). The Balaban J connectivity index is 1.43. The van der Waals surface area contributed by atoms with Crippen LogP contribution in [-0.4, -0.2) is 45.9 Å². The highest BCUT2D eigenvalue weighted by Crippen LogP contribution is 2.33. The summed E-state index contributed by atoms with van der Waals surface area (Å²) >= 11 is 0. The Labute approximate surface area is 178 Å². The monoisotopic (exact) mass is 411 g/mol. The zero-order chi connectivity index (χ0) is 21.1. The summed E-state index contributed by atoms with van der Waals surface area (Å²) in [7, 11) is 0. The predicted octanol–water partition coefficient (Wildman–Crippen LogP) is 3.38. The van der Waals surface area contributed by atoms with Gasteiger partial charge in [-0.2, -0.15) is 0 Å². The van der Waals surface area contributed by atoms with Crippen LogP contribution < -0.4 is 11.1 Å². The summed E-state index contributed by atoms with van der Waals surface area (Å²) < 4.78 is 2.39. The third-order valence-electron chi connectivity index (χ3n) is 6.62. The van der Waals surface area contributed by atoms with Gasteiger partial charge >= 0.3 is 0 Å². The topological polar surface area (TPSA) is 93.2 Å². The van der Waals surface area contributed by atoms with Gasteiger partial charge in [0.2, 0.25) is 11.8 Å². The maximum Gasteiger partial charge on any atom is 0.228 e. The molecule has 2 fully saturated rings. The van der Waals surface area contributed by atoms with Crippen molar-refractivity contribution in [3.8, 4) is 0 Å². The molecule has 0 bridgehead atoms. The van der Waals surface area contributed by atoms with E-state index >= 15 is 0 Å². The van der Waals surface area contributed by atoms with Gasteiger partial charge in [0.25, 0.3) is 0 Å². The van der Waals surface area contributed by atoms with Crippen molar-refractivity contribution in [3.63, 3.8) is 0 Å². The number of nitrogens with one attached hydrogen (secondary N) is 1. The van der Waals surface area contributed by atoms with Gasteiger partial charge < -0.3 is 20.5 Å². The lowest BCUT2D eigenvalue weighted by Crippen LogP contribution is -2.41. The predicted molar refractivity (Wildman–Crippen MR) is 118 cm³/mol. The van der Waals surface area contributed by atoms with Crippen molar-refractivity contribution < 1.29 is 9.59 Å². The molecule has 2 amide bonds. The molecule has 2 aliphatic rings. The summed E-state index contributed by atoms with van der Waals surface area (Å²) in [6, 6.07) is 6.62. The Bertz CT molecular complexity index is 916. The highest BCUT2D eigenvalue weighted by molar-refractivity contribution is 5.94. The third kappa shape index (κ3) is 4.67. The zero-order valence-electron chi connectivity index (χ0n) is 17.9. The number of rotatable bonds is 6. The number of benzene rings is 1. The van der Waals surface area contributed by atoms with Crippen molar-refractivity contribution in [1.29, 1.82) is 0 Å². The molecule has 7 heteroatoms. The first-order chi connectivity index (χ1) is 14.5. The molecule has 0 spiro atoms. The van der Waals surface area contributed by atoms with Gasteiger partial charge in [0.1, 0.15) is 5.82 Å². The minimum absolute atomic E-state index is 0.0431. The first-order valence-electron chi connectivity index (χ1n) is 11.3. The van der Waals surface area contributed by atoms with Crippen molar-refractivity contribution in [3.05, 3.63) is 24.0 Å². The van der Waals surface area contributed by atoms with E-state index in [0.29, 0.717) is 25.6 Å². The number of imidazole rings is 1. The molecular weight excluding hydrogens is 378 g/mol. The van der Waals surface area contributed by atoms with Crippen molar-refractivity contribution >= 4 is 28.5 Å². The van der Waals surface area contributed by atoms with Gasteiger partial charge in [-0.05, 0) is 57.4 Å². The lowest BCUT2D eigenvalue weighted by molar-refractivity contribution is -0.121. The van der Waals surface area contributed by atoms with Crippen LogP contribution in [0.3, 0.4) is 0 Å². The summed E-state index contributed by atoms with van der Waals surface area (Å²) in [6.07, 6.45) is 8.52. The molecule has 3 N–H and O–H groups in total. The third-order valence-corrected chi connectivity index (χ3v) is 6.62. The van der Waals surface area contributed by atoms with E-state index < -0.39 is 0 Å². The molecule has 162 valence electrons. The van der Waals surface area contributed by atoms with E-state index in [2.05, 4.69) is 27.8 Å². The van der Waals surface area contributed by atoms with E-state index in [1.807, 2.05) is 12.1 Å². The Hall–Kier alpha value is -2.41. The van der Waals surface area contributed by atoms with Crippen LogP contribution in [0.4, 0.5) is 5.69 Å². The SMILES string of the molecule is Cc1nc2cc(NC(=O)[C@@H]3CCCN(CCC(N)=O)C3)ccc2n1C1CCCCC1. The fraction of sp³-hybridized carbons (Fsp3) is 0.609. The molecule has 2 aromatic rings. The number of carbonyl (C=O) groups is 2. The van der Waals surface area contributed by atoms with Gasteiger partial charge in [-0.25, -0.2) is 4.98 Å². The largest absolute Gasteiger partial charge is 0.370 e. The van der Waals surface area contributed by atoms with Crippen LogP contribution >= 0.6 is 0 Å². The molecule has 30 heavy (non-hydrogen) atoms. The van der Waals surface area contributed by atoms with E-state index in [1.165, 1.54) is 32.1 Å². The number of fused-ring (bicyclic) bond motifs is 1. The van der Waals surface area contributed by atoms with E-state index in [0.717, 1.165) is 41.9 Å². The van der Waals surface area contributed by atoms with E-state index in [-0.39, 0.29) is 17.7 Å². The van der Waals surface area contributed by atoms with Crippen LogP contribution in [0.2, 0.25) is 0 Å². The van der Waals surface area contributed by atoms with Crippen molar-refractivity contribution in [2.75, 3.05) is 25.0 Å². The van der Waals surface area contributed by atoms with E-state index in [1.54, 1.807) is 0 Å². The van der Waals surface area contributed by atoms with Crippen molar-refractivity contribution in [2.24, 2.45) is 11.7 Å². The number of hydrogen-bond donors (Lipinski definition) is 2. The second-order valence-corrected chi connectivity index (χ2v) is 8.87. The average Bonchev–Trinajstić information content (AvgIpc) is 3.08. The molecule has 1 aliphatic heterocycles. The summed E-state index contributed by atoms with van der Waals surface area (Å²) in [5, 5.41) is 3.09. The molecule has 1 atom stereocenters. The van der Waals surface area contributed by atoms with Crippen LogP contribution in [0, 0.1) is 12.8 Å². The van der Waals surface area contributed by atoms with Gasteiger partial charge in [0.15, 0.2) is 0 Å². The number of primary amides is 1. The van der Waals surface area contributed by atoms with Crippen LogP contribution in [0.1, 0.15) is 63.2 Å². The number of carbonyl (C=O) groups excluding carboxylic acids is 2. The second-order valence-electron chi connectivity index (χ2n) is 8.87. The number of nitrogens with zero attached hydrogens (tertiary/aromatic N) is 3. The summed E-state index contributed by atoms with van der Waals surface area (Å²) in [4.78, 5) is 30.8. The molecule has 0 unspecified atom stereocenters. The lowest BCUT2D eigenvalue weighted by Gasteiger charge is -2.31. The fourth-order valence-corrected chi connectivity index (χ4v) is 5.08. The summed E-state index contributed by atoms with van der Waals surface area (Å²) in [5.74, 6) is 0.737. The minimum atomic E-state index is -0.294. The van der Waals surface area contributed by atoms with Gasteiger partial charge in [0.05, 0.1) is 17.0 Å². The van der Waals surface area contributed by atoms with Crippen LogP contribution in [-0.2, 0) is 9.59 Å². The highest BCUT2D eigenvalue weighted by Gasteiger charge is 2.26. The van der Waals surface area contributed by atoms with Gasteiger partial charge in [-0.3, -0.25) is 9.59 Å². The second kappa shape index (κ2) is 9.16. The van der Waals surface area contributed by atoms with Gasteiger partial charge in [0, 0.05) is 31.2 Å². The number of aromatic nitrogens is 2. The zero-order valence-corrected chi connectivity index (χ0v) is 17.9. The van der Waals surface area contributed by atoms with E-state index in [9.17, 15) is 9.59 Å². The normalized spacial score (nSPS) is 21.0. The number of piperidine rings is 1. The molecule has 2 heterocycles. The Morgan fingerprint density at radius 3 is 2.73 bits per heavy atom. The molecule has 7 nitrogen and oxygen atoms in total. The maximum absolute atomic E-state index is 12.9. The summed E-state index contributed by atoms with van der Waals surface area (Å²) in [5.41, 5.74) is 8.17. The first kappa shape index (κ1) is 20.8. The molecule has 1 saturated carbocycles. The Kier molecular flexibility index (Phi) is 6.37. The number of aryl methyl sites for hydroxylation is 1. The number of anilines is 1. The standard InChI is InChI=1S/C23H33N5O2/c1-16-25-20-14-18(9-10-21(20)28(16)19-7-3-2-4-8-19)26-23(30)17-6-5-12-27(15-17)13-11-22(24)29/h9-10,14,17,19H,2-8,11-13,15H2,1H3,(H2,24,29)(H,26,30)/t17-/m1/s1. The van der Waals surface area contributed by atoms with Crippen LogP contribution in [0.15, 0.2) is 18.2 Å². The number of hydrogen-bond acceptors (Lipinski definition) is 4. The number of amides is 2. The molecule has 1 aromatic carbocycles. The van der Waals surface area contributed by atoms with E-state index in [4.69, 9.17) is 10.7 Å². The molecule has 1 aliphatic carbocycles. The molecule has 1 saturated heterocycles. The maximum atomic E-state index is 12.9. The molecule has 0 radical (unpaired) electrons. The quantitative estimate of drug-likeness (QED) is 0.762. The molecular formula is C23H33N5O2. The minimum Gasteiger partial charge on any atom is -0.370 e. The van der Waals surface area contributed by atoms with Crippen molar-refractivity contribution in [2.45, 2.75) is 64.3 Å². The smallest absolute Gasteiger partial charge is 0.228 e. The first-order valence-corrected chi connectivity index (χ1v) is 11.3. The van der Waals surface area contributed by atoms with Crippen LogP contribution in [0.25, 0.3) is 11.0 Å². The fourth-order valence-electron chi connectivity index (χ4n) is 5.08. The van der Waals surface area contributed by atoms with Crippen LogP contribution in [0.5, 0.6) is 0 Å². The average molecular weight is 412 g/mol.